The van der Waals surface area contributed by atoms with E-state index in [2.05, 4.69) is 42.0 Å². The van der Waals surface area contributed by atoms with E-state index in [1.54, 1.807) is 19.1 Å². The predicted octanol–water partition coefficient (Wildman–Crippen LogP) is 2.07. The van der Waals surface area contributed by atoms with Crippen molar-refractivity contribution in [3.8, 4) is 11.5 Å². The van der Waals surface area contributed by atoms with Gasteiger partial charge in [0.1, 0.15) is 5.01 Å². The molecule has 11 heteroatoms. The summed E-state index contributed by atoms with van der Waals surface area (Å²) in [5, 5.41) is 15.1. The van der Waals surface area contributed by atoms with Crippen LogP contribution in [0.1, 0.15) is 23.9 Å². The number of nitrogens with one attached hydrogen (secondary N) is 2. The Bertz CT molecular complexity index is 870. The van der Waals surface area contributed by atoms with E-state index in [-0.39, 0.29) is 25.0 Å². The van der Waals surface area contributed by atoms with Crippen LogP contribution >= 0.6 is 27.3 Å². The number of aromatic nitrogens is 2. The Morgan fingerprint density at radius 3 is 2.85 bits per heavy atom. The monoisotopic (exact) mass is 439 g/mol. The SMILES string of the molecule is CCC(=O)Nc1nnc(CC(=O)N/N=C/c2cc3c(cc2Br)OCO3)s1. The maximum Gasteiger partial charge on any atom is 0.247 e. The summed E-state index contributed by atoms with van der Waals surface area (Å²) in [7, 11) is 0. The summed E-state index contributed by atoms with van der Waals surface area (Å²) >= 11 is 4.55. The van der Waals surface area contributed by atoms with Gasteiger partial charge in [-0.25, -0.2) is 5.43 Å². The lowest BCUT2D eigenvalue weighted by molar-refractivity contribution is -0.120. The fourth-order valence-electron chi connectivity index (χ4n) is 1.97. The molecule has 0 saturated carbocycles. The lowest BCUT2D eigenvalue weighted by atomic mass is 10.2. The quantitative estimate of drug-likeness (QED) is 0.525. The third-order valence-corrected chi connectivity index (χ3v) is 4.76. The molecule has 2 heterocycles. The molecule has 1 aromatic carbocycles. The molecule has 1 aliphatic heterocycles. The Hall–Kier alpha value is -2.53. The number of hydrazone groups is 1. The molecule has 0 unspecified atom stereocenters. The van der Waals surface area contributed by atoms with E-state index in [0.29, 0.717) is 28.1 Å². The van der Waals surface area contributed by atoms with Crippen LogP contribution in [0.15, 0.2) is 21.7 Å². The van der Waals surface area contributed by atoms with Crippen molar-refractivity contribution in [2.24, 2.45) is 5.10 Å². The van der Waals surface area contributed by atoms with Gasteiger partial charge < -0.3 is 14.8 Å². The van der Waals surface area contributed by atoms with E-state index in [1.807, 2.05) is 0 Å². The van der Waals surface area contributed by atoms with Gasteiger partial charge in [-0.2, -0.15) is 5.10 Å². The van der Waals surface area contributed by atoms with Gasteiger partial charge in [0.15, 0.2) is 11.5 Å². The molecule has 0 radical (unpaired) electrons. The average Bonchev–Trinajstić information content (AvgIpc) is 3.23. The number of rotatable bonds is 6. The number of anilines is 1. The van der Waals surface area contributed by atoms with Crippen LogP contribution in [0.2, 0.25) is 0 Å². The van der Waals surface area contributed by atoms with E-state index >= 15 is 0 Å². The first-order valence-electron chi connectivity index (χ1n) is 7.58. The first kappa shape index (κ1) is 18.3. The molecule has 0 fully saturated rings. The second kappa shape index (κ2) is 8.23. The highest BCUT2D eigenvalue weighted by molar-refractivity contribution is 9.10. The maximum absolute atomic E-state index is 11.9. The van der Waals surface area contributed by atoms with E-state index in [4.69, 9.17) is 9.47 Å². The van der Waals surface area contributed by atoms with Gasteiger partial charge in [0.2, 0.25) is 23.7 Å². The number of hydrogen-bond donors (Lipinski definition) is 2. The highest BCUT2D eigenvalue weighted by atomic mass is 79.9. The molecular weight excluding hydrogens is 426 g/mol. The lowest BCUT2D eigenvalue weighted by Crippen LogP contribution is -2.19. The molecule has 1 aromatic heterocycles. The Kier molecular flexibility index (Phi) is 5.78. The zero-order valence-electron chi connectivity index (χ0n) is 13.6. The topological polar surface area (TPSA) is 115 Å². The Morgan fingerprint density at radius 2 is 2.08 bits per heavy atom. The van der Waals surface area contributed by atoms with Crippen LogP contribution in [-0.2, 0) is 16.0 Å². The van der Waals surface area contributed by atoms with Crippen molar-refractivity contribution in [3.63, 3.8) is 0 Å². The standard InChI is InChI=1S/C15H14BrN5O4S/c1-2-12(22)18-15-21-20-14(26-15)5-13(23)19-17-6-8-3-10-11(4-9(8)16)25-7-24-10/h3-4,6H,2,5,7H2,1H3,(H,19,23)(H,18,21,22)/b17-6+. The van der Waals surface area contributed by atoms with Crippen LogP contribution in [0, 0.1) is 0 Å². The zero-order chi connectivity index (χ0) is 18.5. The summed E-state index contributed by atoms with van der Waals surface area (Å²) < 4.78 is 11.3. The molecule has 2 amide bonds. The Balaban J connectivity index is 1.54. The third-order valence-electron chi connectivity index (χ3n) is 3.23. The number of nitrogens with zero attached hydrogens (tertiary/aromatic N) is 3. The number of halogens is 1. The summed E-state index contributed by atoms with van der Waals surface area (Å²) in [6, 6.07) is 3.54. The molecule has 0 aliphatic carbocycles. The molecule has 2 N–H and O–H groups in total. The zero-order valence-corrected chi connectivity index (χ0v) is 16.0. The van der Waals surface area contributed by atoms with Crippen LogP contribution in [0.4, 0.5) is 5.13 Å². The van der Waals surface area contributed by atoms with Gasteiger partial charge >= 0.3 is 0 Å². The lowest BCUT2D eigenvalue weighted by Gasteiger charge is -2.01. The van der Waals surface area contributed by atoms with Crippen molar-refractivity contribution < 1.29 is 19.1 Å². The smallest absolute Gasteiger partial charge is 0.247 e. The summed E-state index contributed by atoms with van der Waals surface area (Å²) in [5.74, 6) is 0.774. The molecule has 136 valence electrons. The second-order valence-corrected chi connectivity index (χ2v) is 7.02. The van der Waals surface area contributed by atoms with Crippen molar-refractivity contribution in [3.05, 3.63) is 27.2 Å². The summed E-state index contributed by atoms with van der Waals surface area (Å²) in [6.07, 6.45) is 1.86. The molecular formula is C15H14BrN5O4S. The summed E-state index contributed by atoms with van der Waals surface area (Å²) in [6.45, 7) is 1.92. The highest BCUT2D eigenvalue weighted by Crippen LogP contribution is 2.36. The minimum atomic E-state index is -0.345. The van der Waals surface area contributed by atoms with Crippen molar-refractivity contribution in [1.29, 1.82) is 0 Å². The molecule has 26 heavy (non-hydrogen) atoms. The van der Waals surface area contributed by atoms with Crippen molar-refractivity contribution in [2.75, 3.05) is 12.1 Å². The van der Waals surface area contributed by atoms with Gasteiger partial charge in [-0.15, -0.1) is 10.2 Å². The number of ether oxygens (including phenoxy) is 2. The molecule has 0 saturated heterocycles. The number of fused-ring (bicyclic) bond motifs is 1. The number of hydrogen-bond acceptors (Lipinski definition) is 8. The van der Waals surface area contributed by atoms with Gasteiger partial charge in [-0.05, 0) is 28.1 Å². The number of carbonyl (C=O) groups excluding carboxylic acids is 2. The van der Waals surface area contributed by atoms with Crippen LogP contribution in [0.5, 0.6) is 11.5 Å². The van der Waals surface area contributed by atoms with Crippen molar-refractivity contribution >= 4 is 50.4 Å². The van der Waals surface area contributed by atoms with Gasteiger partial charge in [0, 0.05) is 16.5 Å². The molecule has 9 nitrogen and oxygen atoms in total. The van der Waals surface area contributed by atoms with Crippen LogP contribution < -0.4 is 20.2 Å². The maximum atomic E-state index is 11.9. The van der Waals surface area contributed by atoms with Crippen LogP contribution in [-0.4, -0.2) is 35.0 Å². The van der Waals surface area contributed by atoms with Crippen molar-refractivity contribution in [1.82, 2.24) is 15.6 Å². The molecule has 0 spiro atoms. The Morgan fingerprint density at radius 1 is 1.31 bits per heavy atom. The van der Waals surface area contributed by atoms with E-state index in [0.717, 1.165) is 21.4 Å². The third kappa shape index (κ3) is 4.55. The van der Waals surface area contributed by atoms with Crippen molar-refractivity contribution in [2.45, 2.75) is 19.8 Å². The molecule has 1 aliphatic rings. The Labute approximate surface area is 160 Å². The summed E-state index contributed by atoms with van der Waals surface area (Å²) in [5.41, 5.74) is 3.16. The van der Waals surface area contributed by atoms with Crippen LogP contribution in [0.25, 0.3) is 0 Å². The van der Waals surface area contributed by atoms with E-state index in [9.17, 15) is 9.59 Å². The number of benzene rings is 1. The van der Waals surface area contributed by atoms with Gasteiger partial charge in [-0.1, -0.05) is 18.3 Å². The molecule has 0 bridgehead atoms. The van der Waals surface area contributed by atoms with Crippen LogP contribution in [0.3, 0.4) is 0 Å². The first-order valence-corrected chi connectivity index (χ1v) is 9.19. The number of amides is 2. The number of carbonyl (C=O) groups is 2. The van der Waals surface area contributed by atoms with Gasteiger partial charge in [-0.3, -0.25) is 9.59 Å². The fraction of sp³-hybridized carbons (Fsp3) is 0.267. The largest absolute Gasteiger partial charge is 0.454 e. The second-order valence-electron chi connectivity index (χ2n) is 5.10. The molecule has 3 rings (SSSR count). The van der Waals surface area contributed by atoms with Gasteiger partial charge in [0.25, 0.3) is 0 Å². The molecule has 0 atom stereocenters. The summed E-state index contributed by atoms with van der Waals surface area (Å²) in [4.78, 5) is 23.2. The first-order chi connectivity index (χ1) is 12.5. The average molecular weight is 440 g/mol. The van der Waals surface area contributed by atoms with E-state index < -0.39 is 0 Å². The highest BCUT2D eigenvalue weighted by Gasteiger charge is 2.15. The minimum absolute atomic E-state index is 0.0132. The molecule has 2 aromatic rings. The normalized spacial score (nSPS) is 12.4. The van der Waals surface area contributed by atoms with E-state index in [1.165, 1.54) is 6.21 Å². The van der Waals surface area contributed by atoms with Gasteiger partial charge in [0.05, 0.1) is 12.6 Å². The fourth-order valence-corrected chi connectivity index (χ4v) is 3.15. The predicted molar refractivity (Wildman–Crippen MR) is 98.5 cm³/mol. The minimum Gasteiger partial charge on any atom is -0.454 e.